The summed E-state index contributed by atoms with van der Waals surface area (Å²) in [5, 5.41) is 1.81. The van der Waals surface area contributed by atoms with Crippen molar-refractivity contribution in [2.24, 2.45) is 0 Å². The molecule has 0 saturated heterocycles. The Morgan fingerprint density at radius 2 is 1.62 bits per heavy atom. The van der Waals surface area contributed by atoms with E-state index in [0.717, 1.165) is 12.8 Å². The van der Waals surface area contributed by atoms with Crippen LogP contribution in [-0.2, 0) is 11.2 Å². The van der Waals surface area contributed by atoms with Gasteiger partial charge < -0.3 is 9.47 Å². The quantitative estimate of drug-likeness (QED) is 0.344. The van der Waals surface area contributed by atoms with Gasteiger partial charge in [0.2, 0.25) is 0 Å². The molecule has 0 bridgehead atoms. The van der Waals surface area contributed by atoms with Crippen LogP contribution in [-0.4, -0.2) is 18.5 Å². The Balaban J connectivity index is 1.45. The maximum atomic E-state index is 12.0. The minimum absolute atomic E-state index is 0.364. The fraction of sp³-hybridized carbons (Fsp3) is 0.143. The Labute approximate surface area is 156 Å². The van der Waals surface area contributed by atoms with Crippen LogP contribution in [0.4, 0.5) is 0 Å². The lowest BCUT2D eigenvalue weighted by Crippen LogP contribution is -2.08. The van der Waals surface area contributed by atoms with Gasteiger partial charge in [-0.1, -0.05) is 36.4 Å². The molecule has 2 aromatic carbocycles. The minimum atomic E-state index is -0.406. The van der Waals surface area contributed by atoms with Crippen molar-refractivity contribution >= 4 is 23.3 Å². The number of esters is 2. The van der Waals surface area contributed by atoms with Gasteiger partial charge in [0, 0.05) is 0 Å². The molecule has 3 rings (SSSR count). The van der Waals surface area contributed by atoms with E-state index in [4.69, 9.17) is 9.47 Å². The number of hydrogen-bond donors (Lipinski definition) is 0. The highest BCUT2D eigenvalue weighted by atomic mass is 32.1. The van der Waals surface area contributed by atoms with Gasteiger partial charge in [-0.15, -0.1) is 11.3 Å². The Morgan fingerprint density at radius 3 is 2.31 bits per heavy atom. The molecule has 0 saturated carbocycles. The van der Waals surface area contributed by atoms with Gasteiger partial charge in [-0.3, -0.25) is 0 Å². The summed E-state index contributed by atoms with van der Waals surface area (Å²) in [4.78, 5) is 24.5. The summed E-state index contributed by atoms with van der Waals surface area (Å²) in [6.07, 6.45) is 1.64. The average Bonchev–Trinajstić information content (AvgIpc) is 3.21. The molecule has 26 heavy (non-hydrogen) atoms. The Kier molecular flexibility index (Phi) is 6.17. The number of ether oxygens (including phenoxy) is 2. The highest BCUT2D eigenvalue weighted by molar-refractivity contribution is 7.12. The van der Waals surface area contributed by atoms with Gasteiger partial charge in [0.05, 0.1) is 12.2 Å². The third-order valence-electron chi connectivity index (χ3n) is 3.71. The van der Waals surface area contributed by atoms with Gasteiger partial charge >= 0.3 is 11.9 Å². The van der Waals surface area contributed by atoms with Crippen molar-refractivity contribution in [3.8, 4) is 5.75 Å². The van der Waals surface area contributed by atoms with Crippen LogP contribution in [0.2, 0.25) is 0 Å². The van der Waals surface area contributed by atoms with Crippen molar-refractivity contribution in [3.63, 3.8) is 0 Å². The van der Waals surface area contributed by atoms with Crippen molar-refractivity contribution in [2.45, 2.75) is 12.8 Å². The summed E-state index contributed by atoms with van der Waals surface area (Å²) in [5.74, 6) is -0.394. The number of aryl methyl sites for hydroxylation is 1. The maximum absolute atomic E-state index is 12.0. The summed E-state index contributed by atoms with van der Waals surface area (Å²) in [6.45, 7) is 0.364. The lowest BCUT2D eigenvalue weighted by molar-refractivity contribution is 0.0500. The van der Waals surface area contributed by atoms with Gasteiger partial charge in [-0.05, 0) is 54.1 Å². The second-order valence-corrected chi connectivity index (χ2v) is 6.56. The van der Waals surface area contributed by atoms with Crippen LogP contribution in [0.1, 0.15) is 32.0 Å². The molecule has 0 N–H and O–H groups in total. The van der Waals surface area contributed by atoms with E-state index >= 15 is 0 Å². The first-order valence-electron chi connectivity index (χ1n) is 8.29. The predicted octanol–water partition coefficient (Wildman–Crippen LogP) is 4.76. The Morgan fingerprint density at radius 1 is 0.846 bits per heavy atom. The van der Waals surface area contributed by atoms with E-state index in [2.05, 4.69) is 12.1 Å². The van der Waals surface area contributed by atoms with Crippen LogP contribution >= 0.6 is 11.3 Å². The van der Waals surface area contributed by atoms with Crippen LogP contribution in [0, 0.1) is 0 Å². The van der Waals surface area contributed by atoms with E-state index in [1.807, 2.05) is 23.6 Å². The van der Waals surface area contributed by atoms with Crippen molar-refractivity contribution in [2.75, 3.05) is 6.61 Å². The van der Waals surface area contributed by atoms with E-state index in [1.165, 1.54) is 16.9 Å². The average molecular weight is 366 g/mol. The van der Waals surface area contributed by atoms with E-state index < -0.39 is 5.97 Å². The fourth-order valence-corrected chi connectivity index (χ4v) is 2.98. The molecule has 0 aliphatic rings. The van der Waals surface area contributed by atoms with Crippen LogP contribution in [0.3, 0.4) is 0 Å². The van der Waals surface area contributed by atoms with E-state index in [9.17, 15) is 9.59 Å². The molecule has 0 unspecified atom stereocenters. The SMILES string of the molecule is O=C(OCCCc1ccccc1)c1ccc(OC(=O)c2cccs2)cc1. The smallest absolute Gasteiger partial charge is 0.353 e. The third-order valence-corrected chi connectivity index (χ3v) is 4.56. The van der Waals surface area contributed by atoms with Crippen molar-refractivity contribution < 1.29 is 19.1 Å². The number of carbonyl (C=O) groups excluding carboxylic acids is 2. The molecule has 0 aliphatic heterocycles. The molecule has 1 heterocycles. The molecule has 0 spiro atoms. The molecule has 5 heteroatoms. The number of hydrogen-bond acceptors (Lipinski definition) is 5. The first-order valence-corrected chi connectivity index (χ1v) is 9.17. The van der Waals surface area contributed by atoms with E-state index in [0.29, 0.717) is 22.8 Å². The molecule has 132 valence electrons. The zero-order chi connectivity index (χ0) is 18.2. The largest absolute Gasteiger partial charge is 0.462 e. The van der Waals surface area contributed by atoms with Crippen molar-refractivity contribution in [1.82, 2.24) is 0 Å². The molecule has 0 amide bonds. The lowest BCUT2D eigenvalue weighted by atomic mass is 10.1. The Hall–Kier alpha value is -2.92. The molecule has 3 aromatic rings. The third kappa shape index (κ3) is 5.04. The standard InChI is InChI=1S/C21H18O4S/c22-20(24-14-4-8-16-6-2-1-3-7-16)17-10-12-18(13-11-17)25-21(23)19-9-5-15-26-19/h1-3,5-7,9-13,15H,4,8,14H2. The zero-order valence-corrected chi connectivity index (χ0v) is 14.9. The molecule has 0 atom stereocenters. The molecule has 0 aliphatic carbocycles. The second-order valence-electron chi connectivity index (χ2n) is 5.62. The molecular formula is C21H18O4S. The van der Waals surface area contributed by atoms with Gasteiger partial charge in [0.25, 0.3) is 0 Å². The van der Waals surface area contributed by atoms with Crippen LogP contribution in [0.15, 0.2) is 72.1 Å². The van der Waals surface area contributed by atoms with Crippen LogP contribution in [0.25, 0.3) is 0 Å². The lowest BCUT2D eigenvalue weighted by Gasteiger charge is -2.06. The monoisotopic (exact) mass is 366 g/mol. The van der Waals surface area contributed by atoms with Crippen LogP contribution < -0.4 is 4.74 Å². The second kappa shape index (κ2) is 8.97. The number of carbonyl (C=O) groups is 2. The van der Waals surface area contributed by atoms with Gasteiger partial charge in [-0.2, -0.15) is 0 Å². The highest BCUT2D eigenvalue weighted by Crippen LogP contribution is 2.17. The van der Waals surface area contributed by atoms with E-state index in [1.54, 1.807) is 36.4 Å². The van der Waals surface area contributed by atoms with E-state index in [-0.39, 0.29) is 5.97 Å². The van der Waals surface area contributed by atoms with Gasteiger partial charge in [0.1, 0.15) is 10.6 Å². The molecule has 0 fully saturated rings. The fourth-order valence-electron chi connectivity index (χ4n) is 2.38. The molecular weight excluding hydrogens is 348 g/mol. The first kappa shape index (κ1) is 17.9. The summed E-state index contributed by atoms with van der Waals surface area (Å²) in [7, 11) is 0. The normalized spacial score (nSPS) is 10.3. The predicted molar refractivity (Wildman–Crippen MR) is 101 cm³/mol. The van der Waals surface area contributed by atoms with Gasteiger partial charge in [-0.25, -0.2) is 9.59 Å². The summed E-state index contributed by atoms with van der Waals surface area (Å²) in [5.41, 5.74) is 1.65. The number of benzene rings is 2. The number of thiophene rings is 1. The number of rotatable bonds is 7. The topological polar surface area (TPSA) is 52.6 Å². The molecule has 0 radical (unpaired) electrons. The highest BCUT2D eigenvalue weighted by Gasteiger charge is 2.11. The van der Waals surface area contributed by atoms with Crippen LogP contribution in [0.5, 0.6) is 5.75 Å². The minimum Gasteiger partial charge on any atom is -0.462 e. The summed E-state index contributed by atoms with van der Waals surface area (Å²) >= 11 is 1.32. The summed E-state index contributed by atoms with van der Waals surface area (Å²) in [6, 6.07) is 19.9. The maximum Gasteiger partial charge on any atom is 0.353 e. The van der Waals surface area contributed by atoms with Crippen molar-refractivity contribution in [1.29, 1.82) is 0 Å². The van der Waals surface area contributed by atoms with Crippen molar-refractivity contribution in [3.05, 3.63) is 88.1 Å². The summed E-state index contributed by atoms with van der Waals surface area (Å²) < 4.78 is 10.5. The zero-order valence-electron chi connectivity index (χ0n) is 14.1. The molecule has 4 nitrogen and oxygen atoms in total. The van der Waals surface area contributed by atoms with Gasteiger partial charge in [0.15, 0.2) is 0 Å². The first-order chi connectivity index (χ1) is 12.7. The Bertz CT molecular complexity index is 839. The molecule has 1 aromatic heterocycles.